The monoisotopic (exact) mass is 152 g/mol. The van der Waals surface area contributed by atoms with Gasteiger partial charge in [0.15, 0.2) is 0 Å². The Morgan fingerprint density at radius 3 is 2.91 bits per heavy atom. The molecule has 0 spiro atoms. The summed E-state index contributed by atoms with van der Waals surface area (Å²) in [5.74, 6) is 5.05. The predicted molar refractivity (Wildman–Crippen MR) is 41.8 cm³/mol. The minimum Gasteiger partial charge on any atom is -0.364 e. The van der Waals surface area contributed by atoms with Crippen LogP contribution < -0.4 is 5.90 Å². The van der Waals surface area contributed by atoms with Gasteiger partial charge in [-0.2, -0.15) is 0 Å². The van der Waals surface area contributed by atoms with Crippen LogP contribution in [0.1, 0.15) is 18.5 Å². The van der Waals surface area contributed by atoms with E-state index >= 15 is 0 Å². The molecule has 0 unspecified atom stereocenters. The van der Waals surface area contributed by atoms with Crippen LogP contribution in [0, 0.1) is 0 Å². The van der Waals surface area contributed by atoms with Crippen LogP contribution in [-0.4, -0.2) is 11.6 Å². The molecule has 0 atom stereocenters. The lowest BCUT2D eigenvalue weighted by molar-refractivity contribution is 0.115. The number of aromatic amines is 1. The fraction of sp³-hybridized carbons (Fsp3) is 0.500. The van der Waals surface area contributed by atoms with Gasteiger partial charge in [0.05, 0.1) is 6.61 Å². The zero-order chi connectivity index (χ0) is 7.73. The molecule has 1 aliphatic rings. The summed E-state index contributed by atoms with van der Waals surface area (Å²) in [5, 5.41) is 0. The first kappa shape index (κ1) is 6.88. The molecular weight excluding hydrogens is 140 g/mol. The molecule has 0 radical (unpaired) electrons. The summed E-state index contributed by atoms with van der Waals surface area (Å²) < 4.78 is 0. The molecular formula is C8H12N2O. The molecule has 60 valence electrons. The van der Waals surface area contributed by atoms with Crippen molar-refractivity contribution in [1.82, 2.24) is 4.98 Å². The molecule has 0 aliphatic heterocycles. The molecule has 1 saturated carbocycles. The Kier molecular flexibility index (Phi) is 1.47. The molecule has 1 aromatic heterocycles. The normalized spacial score (nSPS) is 20.1. The van der Waals surface area contributed by atoms with Crippen molar-refractivity contribution < 1.29 is 4.84 Å². The first-order chi connectivity index (χ1) is 5.37. The molecule has 0 amide bonds. The second kappa shape index (κ2) is 2.36. The third-order valence-electron chi connectivity index (χ3n) is 2.38. The Labute approximate surface area is 65.5 Å². The molecule has 3 heteroatoms. The van der Waals surface area contributed by atoms with Crippen molar-refractivity contribution in [2.24, 2.45) is 5.90 Å². The van der Waals surface area contributed by atoms with E-state index < -0.39 is 0 Å². The number of H-pyrrole nitrogens is 1. The Balaban J connectivity index is 2.15. The molecule has 2 rings (SSSR count). The number of hydrogen-bond donors (Lipinski definition) is 2. The van der Waals surface area contributed by atoms with Crippen molar-refractivity contribution in [2.75, 3.05) is 6.61 Å². The highest BCUT2D eigenvalue weighted by atomic mass is 16.6. The summed E-state index contributed by atoms with van der Waals surface area (Å²) in [4.78, 5) is 7.86. The summed E-state index contributed by atoms with van der Waals surface area (Å²) >= 11 is 0. The van der Waals surface area contributed by atoms with Gasteiger partial charge in [0.25, 0.3) is 0 Å². The highest BCUT2D eigenvalue weighted by molar-refractivity contribution is 5.24. The quantitative estimate of drug-likeness (QED) is 0.633. The number of nitrogens with two attached hydrogens (primary N) is 1. The molecule has 1 fully saturated rings. The van der Waals surface area contributed by atoms with Crippen LogP contribution in [0.2, 0.25) is 0 Å². The summed E-state index contributed by atoms with van der Waals surface area (Å²) in [7, 11) is 0. The third kappa shape index (κ3) is 1.06. The SMILES string of the molecule is NOCC1(c2ccc[nH]2)CC1. The van der Waals surface area contributed by atoms with Gasteiger partial charge in [-0.25, -0.2) is 5.90 Å². The Morgan fingerprint density at radius 2 is 2.45 bits per heavy atom. The van der Waals surface area contributed by atoms with Crippen LogP contribution in [0.5, 0.6) is 0 Å². The molecule has 1 aliphatic carbocycles. The van der Waals surface area contributed by atoms with Gasteiger partial charge in [-0.15, -0.1) is 0 Å². The number of rotatable bonds is 3. The summed E-state index contributed by atoms with van der Waals surface area (Å²) in [6, 6.07) is 4.10. The maximum absolute atomic E-state index is 5.05. The van der Waals surface area contributed by atoms with Gasteiger partial charge in [0, 0.05) is 17.3 Å². The fourth-order valence-corrected chi connectivity index (χ4v) is 1.46. The van der Waals surface area contributed by atoms with Crippen molar-refractivity contribution in [3.05, 3.63) is 24.0 Å². The predicted octanol–water partition coefficient (Wildman–Crippen LogP) is 0.937. The van der Waals surface area contributed by atoms with Crippen LogP contribution in [0.25, 0.3) is 0 Å². The van der Waals surface area contributed by atoms with Crippen molar-refractivity contribution in [2.45, 2.75) is 18.3 Å². The van der Waals surface area contributed by atoms with Crippen molar-refractivity contribution in [3.8, 4) is 0 Å². The van der Waals surface area contributed by atoms with E-state index in [2.05, 4.69) is 15.9 Å². The van der Waals surface area contributed by atoms with Crippen LogP contribution in [0.15, 0.2) is 18.3 Å². The lowest BCUT2D eigenvalue weighted by atomic mass is 10.1. The Morgan fingerprint density at radius 1 is 1.64 bits per heavy atom. The van der Waals surface area contributed by atoms with Crippen LogP contribution in [-0.2, 0) is 10.3 Å². The number of aromatic nitrogens is 1. The van der Waals surface area contributed by atoms with Gasteiger partial charge in [0.2, 0.25) is 0 Å². The largest absolute Gasteiger partial charge is 0.364 e. The molecule has 0 saturated heterocycles. The molecule has 1 aromatic rings. The van der Waals surface area contributed by atoms with Gasteiger partial charge < -0.3 is 9.82 Å². The summed E-state index contributed by atoms with van der Waals surface area (Å²) in [5.41, 5.74) is 1.47. The van der Waals surface area contributed by atoms with E-state index in [0.29, 0.717) is 6.61 Å². The van der Waals surface area contributed by atoms with E-state index in [1.54, 1.807) is 0 Å². The van der Waals surface area contributed by atoms with Gasteiger partial charge in [-0.1, -0.05) is 0 Å². The highest BCUT2D eigenvalue weighted by Gasteiger charge is 2.45. The maximum atomic E-state index is 5.05. The molecule has 0 bridgehead atoms. The number of nitrogens with one attached hydrogen (secondary N) is 1. The zero-order valence-electron chi connectivity index (χ0n) is 6.34. The van der Waals surface area contributed by atoms with Gasteiger partial charge >= 0.3 is 0 Å². The van der Waals surface area contributed by atoms with Crippen LogP contribution in [0.4, 0.5) is 0 Å². The molecule has 3 N–H and O–H groups in total. The molecule has 0 aromatic carbocycles. The van der Waals surface area contributed by atoms with E-state index in [4.69, 9.17) is 5.90 Å². The zero-order valence-corrected chi connectivity index (χ0v) is 6.34. The van der Waals surface area contributed by atoms with Crippen molar-refractivity contribution in [3.63, 3.8) is 0 Å². The topological polar surface area (TPSA) is 51.0 Å². The Bertz CT molecular complexity index is 226. The average molecular weight is 152 g/mol. The van der Waals surface area contributed by atoms with Gasteiger partial charge in [0.1, 0.15) is 0 Å². The second-order valence-electron chi connectivity index (χ2n) is 3.18. The van der Waals surface area contributed by atoms with Crippen LogP contribution in [0.3, 0.4) is 0 Å². The molecule has 11 heavy (non-hydrogen) atoms. The third-order valence-corrected chi connectivity index (χ3v) is 2.38. The highest BCUT2D eigenvalue weighted by Crippen LogP contribution is 2.47. The van der Waals surface area contributed by atoms with Gasteiger partial charge in [-0.3, -0.25) is 0 Å². The van der Waals surface area contributed by atoms with E-state index in [-0.39, 0.29) is 5.41 Å². The summed E-state index contributed by atoms with van der Waals surface area (Å²) in [6.45, 7) is 0.632. The average Bonchev–Trinajstić information content (AvgIpc) is 2.63. The van der Waals surface area contributed by atoms with Crippen LogP contribution >= 0.6 is 0 Å². The van der Waals surface area contributed by atoms with E-state index in [0.717, 1.165) is 0 Å². The Hall–Kier alpha value is -0.800. The lowest BCUT2D eigenvalue weighted by Gasteiger charge is -2.10. The maximum Gasteiger partial charge on any atom is 0.0790 e. The van der Waals surface area contributed by atoms with Gasteiger partial charge in [-0.05, 0) is 25.0 Å². The first-order valence-electron chi connectivity index (χ1n) is 3.83. The fourth-order valence-electron chi connectivity index (χ4n) is 1.46. The van der Waals surface area contributed by atoms with Crippen molar-refractivity contribution >= 4 is 0 Å². The van der Waals surface area contributed by atoms with E-state index in [1.807, 2.05) is 12.3 Å². The first-order valence-corrected chi connectivity index (χ1v) is 3.83. The second-order valence-corrected chi connectivity index (χ2v) is 3.18. The summed E-state index contributed by atoms with van der Waals surface area (Å²) in [6.07, 6.45) is 4.31. The van der Waals surface area contributed by atoms with E-state index in [9.17, 15) is 0 Å². The molecule has 1 heterocycles. The smallest absolute Gasteiger partial charge is 0.0790 e. The number of hydrogen-bond acceptors (Lipinski definition) is 2. The standard InChI is InChI=1S/C8H12N2O/c9-11-6-8(3-4-8)7-2-1-5-10-7/h1-2,5,10H,3-4,6,9H2. The van der Waals surface area contributed by atoms with E-state index in [1.165, 1.54) is 18.5 Å². The lowest BCUT2D eigenvalue weighted by Crippen LogP contribution is -2.18. The minimum absolute atomic E-state index is 0.220. The minimum atomic E-state index is 0.220. The molecule has 3 nitrogen and oxygen atoms in total. The van der Waals surface area contributed by atoms with Crippen molar-refractivity contribution in [1.29, 1.82) is 0 Å².